The van der Waals surface area contributed by atoms with Crippen molar-refractivity contribution in [3.05, 3.63) is 34.6 Å². The third-order valence-corrected chi connectivity index (χ3v) is 3.06. The standard InChI is InChI=1S/C11H11ClFNO2/c12-8-5-7(1-2-9(8)13)6-14-11(3-4-11)10(15)16/h1-2,5,14H,3-4,6H2,(H,15,16). The first kappa shape index (κ1) is 11.4. The molecule has 2 N–H and O–H groups in total. The van der Waals surface area contributed by atoms with Gasteiger partial charge in [0.1, 0.15) is 11.4 Å². The first-order valence-electron chi connectivity index (χ1n) is 4.96. The third kappa shape index (κ3) is 2.18. The number of carboxylic acids is 1. The fraction of sp³-hybridized carbons (Fsp3) is 0.364. The zero-order chi connectivity index (χ0) is 11.8. The molecule has 1 fully saturated rings. The van der Waals surface area contributed by atoms with Crippen LogP contribution in [0.3, 0.4) is 0 Å². The highest BCUT2D eigenvalue weighted by Crippen LogP contribution is 2.35. The van der Waals surface area contributed by atoms with Gasteiger partial charge in [-0.05, 0) is 30.5 Å². The lowest BCUT2D eigenvalue weighted by molar-refractivity contribution is -0.140. The fourth-order valence-electron chi connectivity index (χ4n) is 1.51. The Bertz CT molecular complexity index is 432. The molecule has 16 heavy (non-hydrogen) atoms. The van der Waals surface area contributed by atoms with Gasteiger partial charge >= 0.3 is 5.97 Å². The molecule has 1 saturated carbocycles. The van der Waals surface area contributed by atoms with Gasteiger partial charge in [-0.1, -0.05) is 17.7 Å². The maximum atomic E-state index is 12.9. The van der Waals surface area contributed by atoms with E-state index >= 15 is 0 Å². The number of nitrogens with one attached hydrogen (secondary N) is 1. The van der Waals surface area contributed by atoms with E-state index in [-0.39, 0.29) is 5.02 Å². The minimum Gasteiger partial charge on any atom is -0.480 e. The molecule has 1 aromatic rings. The van der Waals surface area contributed by atoms with Crippen molar-refractivity contribution in [3.8, 4) is 0 Å². The van der Waals surface area contributed by atoms with Crippen molar-refractivity contribution in [1.82, 2.24) is 5.32 Å². The third-order valence-electron chi connectivity index (χ3n) is 2.77. The van der Waals surface area contributed by atoms with Crippen LogP contribution in [0.1, 0.15) is 18.4 Å². The molecule has 86 valence electrons. The van der Waals surface area contributed by atoms with E-state index in [1.54, 1.807) is 6.07 Å². The maximum Gasteiger partial charge on any atom is 0.323 e. The highest BCUT2D eigenvalue weighted by Gasteiger charge is 2.49. The number of aliphatic carboxylic acids is 1. The maximum absolute atomic E-state index is 12.9. The predicted molar refractivity (Wildman–Crippen MR) is 57.9 cm³/mol. The number of hydrogen-bond acceptors (Lipinski definition) is 2. The molecule has 0 saturated heterocycles. The fourth-order valence-corrected chi connectivity index (χ4v) is 1.72. The molecule has 0 aliphatic heterocycles. The van der Waals surface area contributed by atoms with E-state index in [0.29, 0.717) is 19.4 Å². The zero-order valence-corrected chi connectivity index (χ0v) is 9.22. The van der Waals surface area contributed by atoms with E-state index < -0.39 is 17.3 Å². The highest BCUT2D eigenvalue weighted by molar-refractivity contribution is 6.30. The quantitative estimate of drug-likeness (QED) is 0.852. The van der Waals surface area contributed by atoms with Crippen molar-refractivity contribution >= 4 is 17.6 Å². The smallest absolute Gasteiger partial charge is 0.323 e. The molecule has 1 aliphatic rings. The summed E-state index contributed by atoms with van der Waals surface area (Å²) in [4.78, 5) is 10.9. The minimum atomic E-state index is -0.833. The summed E-state index contributed by atoms with van der Waals surface area (Å²) in [5.74, 6) is -1.30. The Balaban J connectivity index is 2.00. The van der Waals surface area contributed by atoms with Crippen LogP contribution in [0.25, 0.3) is 0 Å². The van der Waals surface area contributed by atoms with Gasteiger partial charge in [-0.25, -0.2) is 4.39 Å². The summed E-state index contributed by atoms with van der Waals surface area (Å²) in [6.45, 7) is 0.381. The molecule has 1 aromatic carbocycles. The first-order valence-corrected chi connectivity index (χ1v) is 5.34. The van der Waals surface area contributed by atoms with Crippen LogP contribution in [-0.4, -0.2) is 16.6 Å². The Morgan fingerprint density at radius 3 is 2.75 bits per heavy atom. The first-order chi connectivity index (χ1) is 7.53. The van der Waals surface area contributed by atoms with Crippen LogP contribution in [0.5, 0.6) is 0 Å². The van der Waals surface area contributed by atoms with Crippen molar-refractivity contribution in [1.29, 1.82) is 0 Å². The van der Waals surface area contributed by atoms with Gasteiger partial charge in [0.05, 0.1) is 5.02 Å². The molecule has 0 atom stereocenters. The summed E-state index contributed by atoms with van der Waals surface area (Å²) in [5.41, 5.74) is -0.000140. The van der Waals surface area contributed by atoms with Gasteiger partial charge in [-0.15, -0.1) is 0 Å². The highest BCUT2D eigenvalue weighted by atomic mass is 35.5. The summed E-state index contributed by atoms with van der Waals surface area (Å²) in [6.07, 6.45) is 1.27. The monoisotopic (exact) mass is 243 g/mol. The normalized spacial score (nSPS) is 17.1. The second-order valence-corrected chi connectivity index (χ2v) is 4.40. The second-order valence-electron chi connectivity index (χ2n) is 3.99. The molecule has 2 rings (SSSR count). The molecule has 0 unspecified atom stereocenters. The molecule has 3 nitrogen and oxygen atoms in total. The van der Waals surface area contributed by atoms with Crippen molar-refractivity contribution in [2.75, 3.05) is 0 Å². The molecule has 5 heteroatoms. The van der Waals surface area contributed by atoms with Gasteiger partial charge in [0.15, 0.2) is 0 Å². The molecule has 0 amide bonds. The van der Waals surface area contributed by atoms with E-state index in [4.69, 9.17) is 16.7 Å². The van der Waals surface area contributed by atoms with Crippen molar-refractivity contribution in [2.45, 2.75) is 24.9 Å². The molecule has 1 aliphatic carbocycles. The lowest BCUT2D eigenvalue weighted by Gasteiger charge is -2.12. The van der Waals surface area contributed by atoms with Crippen LogP contribution in [0.2, 0.25) is 5.02 Å². The largest absolute Gasteiger partial charge is 0.480 e. The minimum absolute atomic E-state index is 0.0551. The van der Waals surface area contributed by atoms with Gasteiger partial charge in [0.2, 0.25) is 0 Å². The van der Waals surface area contributed by atoms with E-state index in [2.05, 4.69) is 5.32 Å². The van der Waals surface area contributed by atoms with E-state index in [1.165, 1.54) is 12.1 Å². The van der Waals surface area contributed by atoms with Gasteiger partial charge in [-0.2, -0.15) is 0 Å². The number of hydrogen-bond donors (Lipinski definition) is 2. The van der Waals surface area contributed by atoms with Crippen molar-refractivity contribution in [3.63, 3.8) is 0 Å². The van der Waals surface area contributed by atoms with Crippen LogP contribution in [0, 0.1) is 5.82 Å². The number of carbonyl (C=O) groups is 1. The average Bonchev–Trinajstić information content (AvgIpc) is 3.01. The predicted octanol–water partition coefficient (Wildman–Crippen LogP) is 2.19. The molecular formula is C11H11ClFNO2. The van der Waals surface area contributed by atoms with Crippen LogP contribution in [0.4, 0.5) is 4.39 Å². The van der Waals surface area contributed by atoms with E-state index in [0.717, 1.165) is 5.56 Å². The number of benzene rings is 1. The lowest BCUT2D eigenvalue weighted by Crippen LogP contribution is -2.38. The second kappa shape index (κ2) is 4.03. The van der Waals surface area contributed by atoms with Gasteiger partial charge in [-0.3, -0.25) is 10.1 Å². The summed E-state index contributed by atoms with van der Waals surface area (Å²) >= 11 is 5.62. The Morgan fingerprint density at radius 2 is 2.25 bits per heavy atom. The number of carboxylic acid groups (broad SMARTS) is 1. The van der Waals surface area contributed by atoms with E-state index in [1.807, 2.05) is 0 Å². The average molecular weight is 244 g/mol. The topological polar surface area (TPSA) is 49.3 Å². The summed E-state index contributed by atoms with van der Waals surface area (Å²) in [5, 5.41) is 11.9. The van der Waals surface area contributed by atoms with Crippen molar-refractivity contribution in [2.24, 2.45) is 0 Å². The van der Waals surface area contributed by atoms with E-state index in [9.17, 15) is 9.18 Å². The Morgan fingerprint density at radius 1 is 1.56 bits per heavy atom. The van der Waals surface area contributed by atoms with Gasteiger partial charge < -0.3 is 5.11 Å². The lowest BCUT2D eigenvalue weighted by atomic mass is 10.2. The summed E-state index contributed by atoms with van der Waals surface area (Å²) in [6, 6.07) is 4.37. The van der Waals surface area contributed by atoms with Gasteiger partial charge in [0, 0.05) is 6.54 Å². The number of rotatable bonds is 4. The van der Waals surface area contributed by atoms with Crippen LogP contribution in [-0.2, 0) is 11.3 Å². The summed E-state index contributed by atoms with van der Waals surface area (Å²) < 4.78 is 12.9. The Hall–Kier alpha value is -1.13. The molecule has 0 spiro atoms. The SMILES string of the molecule is O=C(O)C1(NCc2ccc(F)c(Cl)c2)CC1. The molecule has 0 bridgehead atoms. The van der Waals surface area contributed by atoms with Crippen molar-refractivity contribution < 1.29 is 14.3 Å². The van der Waals surface area contributed by atoms with Crippen LogP contribution < -0.4 is 5.32 Å². The Labute approximate surface area is 97.2 Å². The molecule has 0 heterocycles. The molecular weight excluding hydrogens is 233 g/mol. The molecule has 0 radical (unpaired) electrons. The molecule has 0 aromatic heterocycles. The Kier molecular flexibility index (Phi) is 2.86. The van der Waals surface area contributed by atoms with Crippen LogP contribution >= 0.6 is 11.6 Å². The zero-order valence-electron chi connectivity index (χ0n) is 8.46. The summed E-state index contributed by atoms with van der Waals surface area (Å²) in [7, 11) is 0. The van der Waals surface area contributed by atoms with Crippen LogP contribution in [0.15, 0.2) is 18.2 Å². The van der Waals surface area contributed by atoms with Gasteiger partial charge in [0.25, 0.3) is 0 Å². The number of halogens is 2.